The van der Waals surface area contributed by atoms with Gasteiger partial charge in [0.05, 0.1) is 0 Å². The molecule has 0 bridgehead atoms. The fourth-order valence-electron chi connectivity index (χ4n) is 0.930. The third-order valence-electron chi connectivity index (χ3n) is 1.55. The van der Waals surface area contributed by atoms with Crippen molar-refractivity contribution in [1.29, 1.82) is 0 Å². The van der Waals surface area contributed by atoms with Crippen LogP contribution in [0.1, 0.15) is 5.69 Å². The highest BCUT2D eigenvalue weighted by molar-refractivity contribution is 5.19. The highest BCUT2D eigenvalue weighted by Gasteiger charge is 1.97. The standard InChI is InChI=1S/C10H8NO2/c1-2-4-10(5-3-1)12-8-9-6-7-13-11-9/h1-4,6-7H,8H2. The summed E-state index contributed by atoms with van der Waals surface area (Å²) in [7, 11) is 0. The molecule has 0 saturated carbocycles. The Labute approximate surface area is 75.9 Å². The molecule has 1 heterocycles. The molecule has 65 valence electrons. The third-order valence-corrected chi connectivity index (χ3v) is 1.55. The number of nitrogens with zero attached hydrogens (tertiary/aromatic N) is 1. The van der Waals surface area contributed by atoms with Gasteiger partial charge in [-0.1, -0.05) is 23.4 Å². The minimum absolute atomic E-state index is 0.414. The Kier molecular flexibility index (Phi) is 2.27. The predicted molar refractivity (Wildman–Crippen MR) is 46.1 cm³/mol. The predicted octanol–water partition coefficient (Wildman–Crippen LogP) is 2.05. The number of aromatic nitrogens is 1. The Morgan fingerprint density at radius 2 is 2.38 bits per heavy atom. The van der Waals surface area contributed by atoms with E-state index in [4.69, 9.17) is 4.74 Å². The van der Waals surface area contributed by atoms with E-state index in [-0.39, 0.29) is 0 Å². The molecular formula is C10H8NO2. The number of benzene rings is 1. The Bertz CT molecular complexity index is 342. The second-order valence-electron chi connectivity index (χ2n) is 2.51. The molecule has 2 rings (SSSR count). The Hall–Kier alpha value is -1.77. The molecule has 3 nitrogen and oxygen atoms in total. The molecule has 0 aliphatic rings. The van der Waals surface area contributed by atoms with Crippen molar-refractivity contribution >= 4 is 0 Å². The highest BCUT2D eigenvalue weighted by atomic mass is 16.5. The molecule has 13 heavy (non-hydrogen) atoms. The Morgan fingerprint density at radius 3 is 3.08 bits per heavy atom. The van der Waals surface area contributed by atoms with E-state index in [0.717, 1.165) is 5.69 Å². The molecule has 2 aromatic rings. The van der Waals surface area contributed by atoms with Crippen molar-refractivity contribution in [3.63, 3.8) is 0 Å². The van der Waals surface area contributed by atoms with Gasteiger partial charge in [-0.2, -0.15) is 0 Å². The molecule has 0 N–H and O–H groups in total. The van der Waals surface area contributed by atoms with Crippen molar-refractivity contribution in [3.8, 4) is 5.75 Å². The SMILES string of the molecule is [c]1ccccc1OCc1ccon1. The highest BCUT2D eigenvalue weighted by Crippen LogP contribution is 2.09. The molecule has 0 aliphatic carbocycles. The smallest absolute Gasteiger partial charge is 0.134 e. The van der Waals surface area contributed by atoms with Gasteiger partial charge >= 0.3 is 0 Å². The molecule has 0 atom stereocenters. The van der Waals surface area contributed by atoms with Crippen molar-refractivity contribution in [2.45, 2.75) is 6.61 Å². The van der Waals surface area contributed by atoms with E-state index in [1.54, 1.807) is 12.1 Å². The monoisotopic (exact) mass is 174 g/mol. The van der Waals surface area contributed by atoms with Gasteiger partial charge < -0.3 is 9.26 Å². The van der Waals surface area contributed by atoms with Crippen LogP contribution < -0.4 is 4.74 Å². The van der Waals surface area contributed by atoms with Crippen molar-refractivity contribution in [2.75, 3.05) is 0 Å². The minimum atomic E-state index is 0.414. The average Bonchev–Trinajstić information content (AvgIpc) is 2.69. The van der Waals surface area contributed by atoms with Crippen LogP contribution in [0.5, 0.6) is 5.75 Å². The van der Waals surface area contributed by atoms with Gasteiger partial charge in [0, 0.05) is 12.1 Å². The van der Waals surface area contributed by atoms with Crippen LogP contribution in [-0.2, 0) is 6.61 Å². The lowest BCUT2D eigenvalue weighted by Gasteiger charge is -2.01. The number of para-hydroxylation sites is 1. The summed E-state index contributed by atoms with van der Waals surface area (Å²) in [5.74, 6) is 0.713. The lowest BCUT2D eigenvalue weighted by Crippen LogP contribution is -1.94. The van der Waals surface area contributed by atoms with E-state index in [1.165, 1.54) is 6.26 Å². The van der Waals surface area contributed by atoms with Crippen molar-refractivity contribution < 1.29 is 9.26 Å². The van der Waals surface area contributed by atoms with Crippen LogP contribution in [0.15, 0.2) is 41.1 Å². The fraction of sp³-hybridized carbons (Fsp3) is 0.100. The molecule has 0 saturated heterocycles. The number of ether oxygens (including phenoxy) is 1. The third kappa shape index (κ3) is 2.08. The van der Waals surface area contributed by atoms with Gasteiger partial charge in [0.25, 0.3) is 0 Å². The van der Waals surface area contributed by atoms with Gasteiger partial charge in [0.1, 0.15) is 24.3 Å². The summed E-state index contributed by atoms with van der Waals surface area (Å²) in [5.41, 5.74) is 0.775. The van der Waals surface area contributed by atoms with Gasteiger partial charge in [-0.15, -0.1) is 0 Å². The first-order chi connectivity index (χ1) is 6.45. The molecule has 1 aromatic heterocycles. The lowest BCUT2D eigenvalue weighted by molar-refractivity contribution is 0.288. The molecule has 0 spiro atoms. The van der Waals surface area contributed by atoms with Crippen molar-refractivity contribution in [3.05, 3.63) is 48.4 Å². The molecule has 0 aliphatic heterocycles. The molecule has 0 unspecified atom stereocenters. The summed E-state index contributed by atoms with van der Waals surface area (Å²) in [6, 6.07) is 12.2. The number of rotatable bonds is 3. The Morgan fingerprint density at radius 1 is 1.38 bits per heavy atom. The van der Waals surface area contributed by atoms with E-state index in [0.29, 0.717) is 12.4 Å². The van der Waals surface area contributed by atoms with E-state index < -0.39 is 0 Å². The van der Waals surface area contributed by atoms with E-state index in [9.17, 15) is 0 Å². The normalized spacial score (nSPS) is 9.85. The second kappa shape index (κ2) is 3.76. The molecule has 1 radical (unpaired) electrons. The summed E-state index contributed by atoms with van der Waals surface area (Å²) >= 11 is 0. The van der Waals surface area contributed by atoms with E-state index in [2.05, 4.69) is 15.7 Å². The van der Waals surface area contributed by atoms with Gasteiger partial charge in [0.2, 0.25) is 0 Å². The van der Waals surface area contributed by atoms with Crippen LogP contribution in [0, 0.1) is 6.07 Å². The lowest BCUT2D eigenvalue weighted by atomic mass is 10.3. The number of hydrogen-bond donors (Lipinski definition) is 0. The topological polar surface area (TPSA) is 35.3 Å². The van der Waals surface area contributed by atoms with Crippen LogP contribution in [0.4, 0.5) is 0 Å². The maximum Gasteiger partial charge on any atom is 0.134 e. The summed E-state index contributed by atoms with van der Waals surface area (Å²) in [4.78, 5) is 0. The van der Waals surface area contributed by atoms with Crippen LogP contribution in [0.3, 0.4) is 0 Å². The molecule has 1 aromatic carbocycles. The summed E-state index contributed by atoms with van der Waals surface area (Å²) in [6.45, 7) is 0.414. The van der Waals surface area contributed by atoms with E-state index >= 15 is 0 Å². The first-order valence-corrected chi connectivity index (χ1v) is 3.94. The largest absolute Gasteiger partial charge is 0.487 e. The second-order valence-corrected chi connectivity index (χ2v) is 2.51. The first-order valence-electron chi connectivity index (χ1n) is 3.94. The van der Waals surface area contributed by atoms with Gasteiger partial charge in [0.15, 0.2) is 0 Å². The van der Waals surface area contributed by atoms with Crippen LogP contribution >= 0.6 is 0 Å². The molecular weight excluding hydrogens is 166 g/mol. The van der Waals surface area contributed by atoms with Crippen LogP contribution in [-0.4, -0.2) is 5.16 Å². The Balaban J connectivity index is 1.94. The maximum atomic E-state index is 5.37. The first kappa shape index (κ1) is 7.86. The van der Waals surface area contributed by atoms with Gasteiger partial charge in [-0.3, -0.25) is 0 Å². The molecule has 0 amide bonds. The molecule has 0 fully saturated rings. The van der Waals surface area contributed by atoms with Crippen molar-refractivity contribution in [1.82, 2.24) is 5.16 Å². The quantitative estimate of drug-likeness (QED) is 0.714. The van der Waals surface area contributed by atoms with Crippen LogP contribution in [0.2, 0.25) is 0 Å². The summed E-state index contributed by atoms with van der Waals surface area (Å²) in [5, 5.41) is 3.72. The van der Waals surface area contributed by atoms with Gasteiger partial charge in [-0.05, 0) is 6.07 Å². The minimum Gasteiger partial charge on any atom is -0.487 e. The zero-order valence-electron chi connectivity index (χ0n) is 6.93. The zero-order valence-corrected chi connectivity index (χ0v) is 6.93. The van der Waals surface area contributed by atoms with Gasteiger partial charge in [-0.25, -0.2) is 0 Å². The summed E-state index contributed by atoms with van der Waals surface area (Å²) < 4.78 is 10.0. The number of hydrogen-bond acceptors (Lipinski definition) is 3. The summed E-state index contributed by atoms with van der Waals surface area (Å²) in [6.07, 6.45) is 1.52. The molecule has 3 heteroatoms. The van der Waals surface area contributed by atoms with Crippen LogP contribution in [0.25, 0.3) is 0 Å². The van der Waals surface area contributed by atoms with E-state index in [1.807, 2.05) is 18.2 Å². The zero-order chi connectivity index (χ0) is 8.93. The maximum absolute atomic E-state index is 5.37. The average molecular weight is 174 g/mol. The fourth-order valence-corrected chi connectivity index (χ4v) is 0.930. The van der Waals surface area contributed by atoms with Crippen molar-refractivity contribution in [2.24, 2.45) is 0 Å².